The number of hydrogen-bond acceptors (Lipinski definition) is 3. The maximum absolute atomic E-state index is 13.8. The molecule has 1 atom stereocenters. The minimum absolute atomic E-state index is 0.365. The van der Waals surface area contributed by atoms with Crippen molar-refractivity contribution in [1.29, 1.82) is 0 Å². The second-order valence-electron chi connectivity index (χ2n) is 6.18. The van der Waals surface area contributed by atoms with E-state index in [1.54, 1.807) is 39.0 Å². The molecule has 1 amide bonds. The van der Waals surface area contributed by atoms with Crippen LogP contribution in [0.25, 0.3) is 0 Å². The van der Waals surface area contributed by atoms with Crippen LogP contribution in [-0.4, -0.2) is 20.4 Å². The first kappa shape index (κ1) is 20.4. The van der Waals surface area contributed by atoms with Crippen molar-refractivity contribution in [2.45, 2.75) is 31.7 Å². The summed E-state index contributed by atoms with van der Waals surface area (Å²) >= 11 is 6.04. The van der Waals surface area contributed by atoms with Gasteiger partial charge in [-0.25, -0.2) is 12.8 Å². The average molecular weight is 399 g/mol. The van der Waals surface area contributed by atoms with E-state index in [0.29, 0.717) is 16.3 Å². The summed E-state index contributed by atoms with van der Waals surface area (Å²) in [6.45, 7) is 5.13. The van der Waals surface area contributed by atoms with Gasteiger partial charge in [0.25, 0.3) is 0 Å². The number of hydrogen-bond donors (Lipinski definition) is 2. The van der Waals surface area contributed by atoms with Gasteiger partial charge in [-0.1, -0.05) is 43.6 Å². The number of nitrogens with one attached hydrogen (secondary N) is 2. The highest BCUT2D eigenvalue weighted by Crippen LogP contribution is 2.24. The summed E-state index contributed by atoms with van der Waals surface area (Å²) in [5, 5.41) is 3.16. The molecule has 2 N–H and O–H groups in total. The molecule has 0 aromatic heterocycles. The molecule has 0 heterocycles. The summed E-state index contributed by atoms with van der Waals surface area (Å²) in [7, 11) is -4.20. The SMILES string of the molecule is Cc1c(Cl)cccc1NC(=O)C(NS(=O)(=O)c1ccccc1F)C(C)C. The van der Waals surface area contributed by atoms with Crippen molar-refractivity contribution >= 4 is 33.2 Å². The Morgan fingerprint density at radius 3 is 2.38 bits per heavy atom. The Bertz CT molecular complexity index is 916. The van der Waals surface area contributed by atoms with Crippen LogP contribution in [0.15, 0.2) is 47.4 Å². The number of carbonyl (C=O) groups is 1. The summed E-state index contributed by atoms with van der Waals surface area (Å²) in [4.78, 5) is 12.1. The fourth-order valence-electron chi connectivity index (χ4n) is 2.34. The van der Waals surface area contributed by atoms with E-state index < -0.39 is 32.7 Å². The second-order valence-corrected chi connectivity index (χ2v) is 8.26. The molecule has 1 unspecified atom stereocenters. The number of anilines is 1. The van der Waals surface area contributed by atoms with Gasteiger partial charge in [0.1, 0.15) is 16.8 Å². The Balaban J connectivity index is 2.27. The highest BCUT2D eigenvalue weighted by Gasteiger charge is 2.30. The number of benzene rings is 2. The number of halogens is 2. The molecule has 0 aliphatic carbocycles. The van der Waals surface area contributed by atoms with Gasteiger partial charge in [0, 0.05) is 10.7 Å². The molecule has 2 aromatic carbocycles. The van der Waals surface area contributed by atoms with Crippen LogP contribution >= 0.6 is 11.6 Å². The van der Waals surface area contributed by atoms with E-state index in [1.165, 1.54) is 12.1 Å². The lowest BCUT2D eigenvalue weighted by Gasteiger charge is -2.22. The molecule has 0 aliphatic heterocycles. The highest BCUT2D eigenvalue weighted by atomic mass is 35.5. The van der Waals surface area contributed by atoms with Gasteiger partial charge in [0.15, 0.2) is 0 Å². The quantitative estimate of drug-likeness (QED) is 0.778. The van der Waals surface area contributed by atoms with Crippen molar-refractivity contribution in [2.75, 3.05) is 5.32 Å². The Morgan fingerprint density at radius 2 is 1.77 bits per heavy atom. The van der Waals surface area contributed by atoms with Gasteiger partial charge in [-0.15, -0.1) is 0 Å². The monoisotopic (exact) mass is 398 g/mol. The summed E-state index contributed by atoms with van der Waals surface area (Å²) < 4.78 is 41.1. The standard InChI is InChI=1S/C18H20ClFN2O3S/c1-11(2)17(18(23)21-15-9-6-7-13(19)12(15)3)22-26(24,25)16-10-5-4-8-14(16)20/h4-11,17,22H,1-3H3,(H,21,23). The molecule has 0 saturated carbocycles. The van der Waals surface area contributed by atoms with Crippen LogP contribution in [0, 0.1) is 18.7 Å². The second kappa shape index (κ2) is 8.16. The minimum atomic E-state index is -4.20. The van der Waals surface area contributed by atoms with Crippen molar-refractivity contribution in [3.05, 3.63) is 58.9 Å². The normalized spacial score (nSPS) is 12.8. The Morgan fingerprint density at radius 1 is 1.12 bits per heavy atom. The lowest BCUT2D eigenvalue weighted by molar-refractivity contribution is -0.118. The van der Waals surface area contributed by atoms with Crippen molar-refractivity contribution < 1.29 is 17.6 Å². The summed E-state index contributed by atoms with van der Waals surface area (Å²) in [6, 6.07) is 8.95. The molecule has 0 aliphatic rings. The van der Waals surface area contributed by atoms with Crippen molar-refractivity contribution in [2.24, 2.45) is 5.92 Å². The third-order valence-corrected chi connectivity index (χ3v) is 5.77. The maximum atomic E-state index is 13.8. The van der Waals surface area contributed by atoms with Crippen LogP contribution in [0.5, 0.6) is 0 Å². The van der Waals surface area contributed by atoms with Gasteiger partial charge in [0.05, 0.1) is 0 Å². The van der Waals surface area contributed by atoms with Crippen LogP contribution in [0.4, 0.5) is 10.1 Å². The molecule has 0 saturated heterocycles. The Kier molecular flexibility index (Phi) is 6.39. The predicted molar refractivity (Wildman–Crippen MR) is 100 cm³/mol. The predicted octanol–water partition coefficient (Wildman–Crippen LogP) is 3.73. The van der Waals surface area contributed by atoms with Crippen molar-refractivity contribution in [3.63, 3.8) is 0 Å². The van der Waals surface area contributed by atoms with E-state index >= 15 is 0 Å². The zero-order valence-electron chi connectivity index (χ0n) is 14.6. The first-order chi connectivity index (χ1) is 12.1. The zero-order chi connectivity index (χ0) is 19.5. The molecule has 0 spiro atoms. The zero-order valence-corrected chi connectivity index (χ0v) is 16.2. The molecular weight excluding hydrogens is 379 g/mol. The van der Waals surface area contributed by atoms with E-state index in [9.17, 15) is 17.6 Å². The molecule has 8 heteroatoms. The summed E-state index contributed by atoms with van der Waals surface area (Å²) in [5.41, 5.74) is 1.15. The first-order valence-electron chi connectivity index (χ1n) is 7.96. The largest absolute Gasteiger partial charge is 0.324 e. The number of carbonyl (C=O) groups excluding carboxylic acids is 1. The first-order valence-corrected chi connectivity index (χ1v) is 9.82. The Labute approximate surface area is 157 Å². The van der Waals surface area contributed by atoms with Crippen LogP contribution < -0.4 is 10.0 Å². The lowest BCUT2D eigenvalue weighted by Crippen LogP contribution is -2.47. The minimum Gasteiger partial charge on any atom is -0.324 e. The van der Waals surface area contributed by atoms with E-state index in [0.717, 1.165) is 12.1 Å². The fraction of sp³-hybridized carbons (Fsp3) is 0.278. The van der Waals surface area contributed by atoms with Crippen molar-refractivity contribution in [1.82, 2.24) is 4.72 Å². The van der Waals surface area contributed by atoms with Gasteiger partial charge in [-0.2, -0.15) is 4.72 Å². The molecule has 5 nitrogen and oxygen atoms in total. The van der Waals surface area contributed by atoms with Gasteiger partial charge in [0.2, 0.25) is 15.9 Å². The van der Waals surface area contributed by atoms with Gasteiger partial charge in [-0.05, 0) is 42.7 Å². The highest BCUT2D eigenvalue weighted by molar-refractivity contribution is 7.89. The third kappa shape index (κ3) is 4.60. The van der Waals surface area contributed by atoms with Crippen LogP contribution in [0.3, 0.4) is 0 Å². The molecule has 2 aromatic rings. The molecule has 140 valence electrons. The van der Waals surface area contributed by atoms with Crippen LogP contribution in [-0.2, 0) is 14.8 Å². The van der Waals surface area contributed by atoms with E-state index in [4.69, 9.17) is 11.6 Å². The topological polar surface area (TPSA) is 75.3 Å². The Hall–Kier alpha value is -1.96. The van der Waals surface area contributed by atoms with E-state index in [-0.39, 0.29) is 5.92 Å². The molecular formula is C18H20ClFN2O3S. The van der Waals surface area contributed by atoms with Crippen LogP contribution in [0.1, 0.15) is 19.4 Å². The number of rotatable bonds is 6. The lowest BCUT2D eigenvalue weighted by atomic mass is 10.0. The average Bonchev–Trinajstić information content (AvgIpc) is 2.57. The van der Waals surface area contributed by atoms with Gasteiger partial charge >= 0.3 is 0 Å². The summed E-state index contributed by atoms with van der Waals surface area (Å²) in [6.07, 6.45) is 0. The third-order valence-electron chi connectivity index (χ3n) is 3.88. The molecule has 2 rings (SSSR count). The van der Waals surface area contributed by atoms with E-state index in [2.05, 4.69) is 10.0 Å². The maximum Gasteiger partial charge on any atom is 0.244 e. The molecule has 0 radical (unpaired) electrons. The van der Waals surface area contributed by atoms with E-state index in [1.807, 2.05) is 0 Å². The smallest absolute Gasteiger partial charge is 0.244 e. The molecule has 26 heavy (non-hydrogen) atoms. The molecule has 0 fully saturated rings. The fourth-order valence-corrected chi connectivity index (χ4v) is 3.94. The summed E-state index contributed by atoms with van der Waals surface area (Å²) in [5.74, 6) is -1.80. The number of amides is 1. The van der Waals surface area contributed by atoms with Crippen molar-refractivity contribution in [3.8, 4) is 0 Å². The molecule has 0 bridgehead atoms. The van der Waals surface area contributed by atoms with Gasteiger partial charge in [-0.3, -0.25) is 4.79 Å². The number of sulfonamides is 1. The van der Waals surface area contributed by atoms with Gasteiger partial charge < -0.3 is 5.32 Å². The van der Waals surface area contributed by atoms with Crippen LogP contribution in [0.2, 0.25) is 5.02 Å².